The zero-order valence-electron chi connectivity index (χ0n) is 11.2. The van der Waals surface area contributed by atoms with Gasteiger partial charge >= 0.3 is 6.03 Å². The van der Waals surface area contributed by atoms with Crippen LogP contribution in [-0.4, -0.2) is 12.6 Å². The molecule has 0 aliphatic carbocycles. The Morgan fingerprint density at radius 1 is 1.00 bits per heavy atom. The fourth-order valence-electron chi connectivity index (χ4n) is 2.45. The van der Waals surface area contributed by atoms with E-state index in [0.717, 1.165) is 30.8 Å². The van der Waals surface area contributed by atoms with Gasteiger partial charge in [-0.05, 0) is 36.6 Å². The van der Waals surface area contributed by atoms with E-state index in [-0.39, 0.29) is 6.03 Å². The molecule has 0 saturated carbocycles. The number of para-hydroxylation sites is 2. The van der Waals surface area contributed by atoms with Crippen molar-refractivity contribution in [2.75, 3.05) is 16.9 Å². The number of hydrazine groups is 1. The lowest BCUT2D eigenvalue weighted by Gasteiger charge is -2.31. The quantitative estimate of drug-likeness (QED) is 0.877. The molecule has 102 valence electrons. The lowest BCUT2D eigenvalue weighted by molar-refractivity contribution is 0.251. The third-order valence-corrected chi connectivity index (χ3v) is 3.38. The van der Waals surface area contributed by atoms with Crippen molar-refractivity contribution >= 4 is 17.4 Å². The molecule has 20 heavy (non-hydrogen) atoms. The number of hydrogen-bond donors (Lipinski definition) is 2. The van der Waals surface area contributed by atoms with E-state index in [1.807, 2.05) is 53.5 Å². The van der Waals surface area contributed by atoms with E-state index in [2.05, 4.69) is 16.8 Å². The van der Waals surface area contributed by atoms with Gasteiger partial charge in [0.15, 0.2) is 0 Å². The number of aryl methyl sites for hydroxylation is 1. The monoisotopic (exact) mass is 267 g/mol. The minimum atomic E-state index is -0.215. The van der Waals surface area contributed by atoms with Gasteiger partial charge in [0.25, 0.3) is 0 Å². The van der Waals surface area contributed by atoms with Crippen molar-refractivity contribution in [2.45, 2.75) is 12.8 Å². The summed E-state index contributed by atoms with van der Waals surface area (Å²) in [6.07, 6.45) is 2.11. The zero-order chi connectivity index (χ0) is 13.8. The summed E-state index contributed by atoms with van der Waals surface area (Å²) in [5.41, 5.74) is 6.06. The van der Waals surface area contributed by atoms with Gasteiger partial charge in [-0.3, -0.25) is 5.01 Å². The first-order valence-electron chi connectivity index (χ1n) is 6.81. The molecule has 0 aromatic heterocycles. The van der Waals surface area contributed by atoms with Crippen molar-refractivity contribution in [1.82, 2.24) is 5.43 Å². The average molecular weight is 267 g/mol. The van der Waals surface area contributed by atoms with E-state index in [0.29, 0.717) is 0 Å². The third kappa shape index (κ3) is 2.74. The Hall–Kier alpha value is -2.49. The van der Waals surface area contributed by atoms with Crippen molar-refractivity contribution in [1.29, 1.82) is 0 Å². The number of carbonyl (C=O) groups is 1. The van der Waals surface area contributed by atoms with Crippen LogP contribution in [0.2, 0.25) is 0 Å². The predicted molar refractivity (Wildman–Crippen MR) is 80.7 cm³/mol. The van der Waals surface area contributed by atoms with Crippen LogP contribution >= 0.6 is 0 Å². The molecule has 0 bridgehead atoms. The lowest BCUT2D eigenvalue weighted by atomic mass is 10.0. The fraction of sp³-hybridized carbons (Fsp3) is 0.188. The molecule has 2 aromatic rings. The maximum absolute atomic E-state index is 12.0. The highest BCUT2D eigenvalue weighted by Crippen LogP contribution is 2.24. The van der Waals surface area contributed by atoms with Crippen LogP contribution in [0, 0.1) is 0 Å². The molecular formula is C16H17N3O. The Labute approximate surface area is 118 Å². The van der Waals surface area contributed by atoms with Crippen LogP contribution in [0.15, 0.2) is 54.6 Å². The summed E-state index contributed by atoms with van der Waals surface area (Å²) in [6.45, 7) is 0.833. The topological polar surface area (TPSA) is 44.4 Å². The van der Waals surface area contributed by atoms with Crippen LogP contribution in [-0.2, 0) is 6.42 Å². The molecule has 1 aliphatic heterocycles. The maximum atomic E-state index is 12.0. The van der Waals surface area contributed by atoms with Gasteiger partial charge in [0.1, 0.15) is 0 Å². The Balaban J connectivity index is 1.68. The normalized spacial score (nSPS) is 13.5. The molecular weight excluding hydrogens is 250 g/mol. The minimum absolute atomic E-state index is 0.215. The summed E-state index contributed by atoms with van der Waals surface area (Å²) in [6, 6.07) is 17.4. The number of hydrogen-bond acceptors (Lipinski definition) is 2. The first-order chi connectivity index (χ1) is 9.83. The summed E-state index contributed by atoms with van der Waals surface area (Å²) < 4.78 is 0. The maximum Gasteiger partial charge on any atom is 0.338 e. The van der Waals surface area contributed by atoms with Gasteiger partial charge < -0.3 is 5.32 Å². The number of benzene rings is 2. The molecule has 4 nitrogen and oxygen atoms in total. The van der Waals surface area contributed by atoms with Crippen molar-refractivity contribution in [2.24, 2.45) is 0 Å². The molecule has 0 fully saturated rings. The van der Waals surface area contributed by atoms with Crippen molar-refractivity contribution in [3.05, 3.63) is 60.2 Å². The van der Waals surface area contributed by atoms with Gasteiger partial charge in [0.2, 0.25) is 0 Å². The second-order valence-corrected chi connectivity index (χ2v) is 4.82. The van der Waals surface area contributed by atoms with E-state index in [1.54, 1.807) is 0 Å². The van der Waals surface area contributed by atoms with Crippen molar-refractivity contribution in [3.63, 3.8) is 0 Å². The lowest BCUT2D eigenvalue weighted by Crippen LogP contribution is -2.47. The number of nitrogens with one attached hydrogen (secondary N) is 2. The predicted octanol–water partition coefficient (Wildman–Crippen LogP) is 3.18. The largest absolute Gasteiger partial charge is 0.338 e. The molecule has 0 unspecified atom stereocenters. The van der Waals surface area contributed by atoms with Crippen LogP contribution in [0.5, 0.6) is 0 Å². The van der Waals surface area contributed by atoms with Crippen LogP contribution in [0.4, 0.5) is 16.2 Å². The van der Waals surface area contributed by atoms with Crippen LogP contribution in [0.3, 0.4) is 0 Å². The first kappa shape index (κ1) is 12.5. The fourth-order valence-corrected chi connectivity index (χ4v) is 2.45. The van der Waals surface area contributed by atoms with E-state index < -0.39 is 0 Å². The van der Waals surface area contributed by atoms with E-state index >= 15 is 0 Å². The minimum Gasteiger partial charge on any atom is -0.307 e. The molecule has 0 spiro atoms. The summed E-state index contributed by atoms with van der Waals surface area (Å²) in [5.74, 6) is 0. The van der Waals surface area contributed by atoms with Crippen molar-refractivity contribution in [3.8, 4) is 0 Å². The molecule has 3 rings (SSSR count). The second kappa shape index (κ2) is 5.65. The molecule has 2 N–H and O–H groups in total. The van der Waals surface area contributed by atoms with Crippen LogP contribution < -0.4 is 15.8 Å². The molecule has 2 amide bonds. The number of nitrogens with zero attached hydrogens (tertiary/aromatic N) is 1. The van der Waals surface area contributed by atoms with Gasteiger partial charge in [-0.15, -0.1) is 0 Å². The van der Waals surface area contributed by atoms with Gasteiger partial charge in [-0.1, -0.05) is 36.4 Å². The van der Waals surface area contributed by atoms with E-state index in [1.165, 1.54) is 5.56 Å². The van der Waals surface area contributed by atoms with Gasteiger partial charge in [-0.2, -0.15) is 0 Å². The SMILES string of the molecule is O=C(Nc1ccccc1)NN1CCCc2ccccc21. The molecule has 1 heterocycles. The van der Waals surface area contributed by atoms with Gasteiger partial charge in [-0.25, -0.2) is 10.2 Å². The van der Waals surface area contributed by atoms with Gasteiger partial charge in [0, 0.05) is 12.2 Å². The summed E-state index contributed by atoms with van der Waals surface area (Å²) in [5, 5.41) is 4.74. The first-order valence-corrected chi connectivity index (χ1v) is 6.81. The second-order valence-electron chi connectivity index (χ2n) is 4.82. The summed E-state index contributed by atoms with van der Waals surface area (Å²) in [7, 11) is 0. The number of urea groups is 1. The number of amides is 2. The number of carbonyl (C=O) groups excluding carboxylic acids is 1. The summed E-state index contributed by atoms with van der Waals surface area (Å²) in [4.78, 5) is 12.0. The van der Waals surface area contributed by atoms with E-state index in [4.69, 9.17) is 0 Å². The van der Waals surface area contributed by atoms with Crippen molar-refractivity contribution < 1.29 is 4.79 Å². The molecule has 0 radical (unpaired) electrons. The Bertz CT molecular complexity index is 598. The average Bonchev–Trinajstić information content (AvgIpc) is 2.48. The van der Waals surface area contributed by atoms with Crippen LogP contribution in [0.25, 0.3) is 0 Å². The highest BCUT2D eigenvalue weighted by atomic mass is 16.2. The highest BCUT2D eigenvalue weighted by molar-refractivity contribution is 5.90. The smallest absolute Gasteiger partial charge is 0.307 e. The number of fused-ring (bicyclic) bond motifs is 1. The number of anilines is 2. The molecule has 2 aromatic carbocycles. The Morgan fingerprint density at radius 3 is 2.60 bits per heavy atom. The number of rotatable bonds is 2. The standard InChI is InChI=1S/C16H17N3O/c20-16(17-14-9-2-1-3-10-14)18-19-12-6-8-13-7-4-5-11-15(13)19/h1-5,7,9-11H,6,8,12H2,(H2,17,18,20). The van der Waals surface area contributed by atoms with E-state index in [9.17, 15) is 4.79 Å². The molecule has 1 aliphatic rings. The molecule has 4 heteroatoms. The molecule has 0 saturated heterocycles. The summed E-state index contributed by atoms with van der Waals surface area (Å²) >= 11 is 0. The van der Waals surface area contributed by atoms with Crippen LogP contribution in [0.1, 0.15) is 12.0 Å². The third-order valence-electron chi connectivity index (χ3n) is 3.38. The van der Waals surface area contributed by atoms with Gasteiger partial charge in [0.05, 0.1) is 5.69 Å². The Kier molecular flexibility index (Phi) is 3.54. The zero-order valence-corrected chi connectivity index (χ0v) is 11.2. The molecule has 0 atom stereocenters. The highest BCUT2D eigenvalue weighted by Gasteiger charge is 2.17. The Morgan fingerprint density at radius 2 is 1.75 bits per heavy atom.